The first-order valence-corrected chi connectivity index (χ1v) is 34.5. The van der Waals surface area contributed by atoms with Gasteiger partial charge in [0.15, 0.2) is 12.6 Å². The van der Waals surface area contributed by atoms with Gasteiger partial charge in [-0.15, -0.1) is 0 Å². The van der Waals surface area contributed by atoms with Crippen LogP contribution >= 0.6 is 0 Å². The summed E-state index contributed by atoms with van der Waals surface area (Å²) in [7, 11) is 0. The van der Waals surface area contributed by atoms with Crippen LogP contribution in [0.15, 0.2) is 60.8 Å². The summed E-state index contributed by atoms with van der Waals surface area (Å²) in [5.41, 5.74) is 0. The minimum atomic E-state index is -1.78. The van der Waals surface area contributed by atoms with Gasteiger partial charge in [-0.3, -0.25) is 4.79 Å². The average Bonchev–Trinajstić information content (AvgIpc) is 2.58. The van der Waals surface area contributed by atoms with Gasteiger partial charge < -0.3 is 65.1 Å². The van der Waals surface area contributed by atoms with Gasteiger partial charge in [0, 0.05) is 6.42 Å². The van der Waals surface area contributed by atoms with Gasteiger partial charge in [-0.2, -0.15) is 0 Å². The molecule has 0 radical (unpaired) electrons. The third-order valence-corrected chi connectivity index (χ3v) is 16.7. The zero-order valence-corrected chi connectivity index (χ0v) is 53.1. The fourth-order valence-electron chi connectivity index (χ4n) is 11.3. The largest absolute Gasteiger partial charge is 0.394 e. The monoisotopic (exact) mass is 1190 g/mol. The Kier molecular flexibility index (Phi) is 50.8. The summed E-state index contributed by atoms with van der Waals surface area (Å²) in [6.45, 7) is 2.76. The van der Waals surface area contributed by atoms with Gasteiger partial charge >= 0.3 is 0 Å². The van der Waals surface area contributed by atoms with Crippen LogP contribution in [0.5, 0.6) is 0 Å². The molecule has 12 unspecified atom stereocenters. The SMILES string of the molecule is CC/C=C\C/C=C\C/C=C\C/C=C\C/C=C\CCCCCCCCCCCCCCCCCCCCCCCC(=O)NC(COC1OC(CO)C(OC2OC(CO)C(O)C(O)C2O)C(O)C1O)C(O)CCCCCCCCCCCCCCC. The maximum absolute atomic E-state index is 13.3. The van der Waals surface area contributed by atoms with E-state index in [0.29, 0.717) is 12.8 Å². The maximum atomic E-state index is 13.3. The summed E-state index contributed by atoms with van der Waals surface area (Å²) >= 11 is 0. The number of rotatable bonds is 56. The van der Waals surface area contributed by atoms with Gasteiger partial charge in [0.25, 0.3) is 0 Å². The fourth-order valence-corrected chi connectivity index (χ4v) is 11.3. The van der Waals surface area contributed by atoms with E-state index >= 15 is 0 Å². The van der Waals surface area contributed by atoms with Crippen LogP contribution in [0.2, 0.25) is 0 Å². The maximum Gasteiger partial charge on any atom is 0.220 e. The molecule has 2 fully saturated rings. The van der Waals surface area contributed by atoms with Crippen LogP contribution in [0.4, 0.5) is 0 Å². The van der Waals surface area contributed by atoms with Crippen molar-refractivity contribution < 1.29 is 64.6 Å². The standard InChI is InChI=1S/C70H127NO13/c1-3-5-7-9-11-13-15-17-18-19-20-21-22-23-24-25-26-27-28-29-30-31-32-33-34-35-36-37-38-39-40-42-44-46-48-50-52-54-62(75)71-58(59(74)53-51-49-47-45-43-41-16-14-12-10-8-6-4-2)57-81-69-67(80)65(78)68(61(56-73)83-69)84-70-66(79)64(77)63(76)60(55-72)82-70/h5,7,11,13,17-18,20-21,23-24,58-61,63-70,72-74,76-80H,3-4,6,8-10,12,14-16,19,22,25-57H2,1-2H3,(H,71,75)/b7-5-,13-11-,18-17-,21-20-,24-23-. The Labute approximate surface area is 511 Å². The van der Waals surface area contributed by atoms with Crippen LogP contribution < -0.4 is 5.32 Å². The van der Waals surface area contributed by atoms with E-state index in [1.807, 2.05) is 0 Å². The summed E-state index contributed by atoms with van der Waals surface area (Å²) in [4.78, 5) is 13.3. The van der Waals surface area contributed by atoms with Crippen molar-refractivity contribution in [1.82, 2.24) is 5.32 Å². The first-order chi connectivity index (χ1) is 41.1. The molecule has 0 aliphatic carbocycles. The lowest BCUT2D eigenvalue weighted by Crippen LogP contribution is -2.65. The first kappa shape index (κ1) is 77.8. The predicted octanol–water partition coefficient (Wildman–Crippen LogP) is 13.7. The lowest BCUT2D eigenvalue weighted by molar-refractivity contribution is -0.359. The van der Waals surface area contributed by atoms with E-state index in [1.165, 1.54) is 173 Å². The molecule has 0 bridgehead atoms. The number of nitrogens with one attached hydrogen (secondary N) is 1. The van der Waals surface area contributed by atoms with Gasteiger partial charge in [-0.1, -0.05) is 280 Å². The molecule has 9 N–H and O–H groups in total. The highest BCUT2D eigenvalue weighted by molar-refractivity contribution is 5.76. The molecule has 14 nitrogen and oxygen atoms in total. The zero-order valence-electron chi connectivity index (χ0n) is 53.1. The smallest absolute Gasteiger partial charge is 0.220 e. The predicted molar refractivity (Wildman–Crippen MR) is 341 cm³/mol. The molecule has 490 valence electrons. The number of hydrogen-bond donors (Lipinski definition) is 9. The first-order valence-electron chi connectivity index (χ1n) is 34.5. The van der Waals surface area contributed by atoms with Gasteiger partial charge in [-0.25, -0.2) is 0 Å². The number of hydrogen-bond acceptors (Lipinski definition) is 13. The van der Waals surface area contributed by atoms with Gasteiger partial charge in [-0.05, 0) is 57.8 Å². The Morgan fingerprint density at radius 2 is 0.821 bits per heavy atom. The number of unbranched alkanes of at least 4 members (excludes halogenated alkanes) is 33. The number of amides is 1. The molecule has 2 rings (SSSR count). The number of carbonyl (C=O) groups excluding carboxylic acids is 1. The van der Waals surface area contributed by atoms with E-state index < -0.39 is 86.8 Å². The molecule has 0 spiro atoms. The lowest BCUT2D eigenvalue weighted by atomic mass is 9.97. The second kappa shape index (κ2) is 54.8. The molecule has 2 saturated heterocycles. The number of aliphatic hydroxyl groups is 8. The number of aliphatic hydroxyl groups excluding tert-OH is 8. The van der Waals surface area contributed by atoms with Crippen LogP contribution in [-0.4, -0.2) is 140 Å². The highest BCUT2D eigenvalue weighted by Crippen LogP contribution is 2.30. The van der Waals surface area contributed by atoms with Gasteiger partial charge in [0.1, 0.15) is 48.8 Å². The van der Waals surface area contributed by atoms with Crippen molar-refractivity contribution in [3.05, 3.63) is 60.8 Å². The second-order valence-electron chi connectivity index (χ2n) is 24.3. The van der Waals surface area contributed by atoms with E-state index in [1.54, 1.807) is 0 Å². The van der Waals surface area contributed by atoms with Crippen molar-refractivity contribution >= 4 is 5.91 Å². The van der Waals surface area contributed by atoms with Crippen LogP contribution in [-0.2, 0) is 23.7 Å². The summed E-state index contributed by atoms with van der Waals surface area (Å²) in [6.07, 6.45) is 55.4. The normalized spacial score (nSPS) is 24.0. The van der Waals surface area contributed by atoms with Crippen LogP contribution in [0.3, 0.4) is 0 Å². The fraction of sp³-hybridized carbons (Fsp3) is 0.843. The minimum Gasteiger partial charge on any atom is -0.394 e. The molecule has 84 heavy (non-hydrogen) atoms. The van der Waals surface area contributed by atoms with Crippen LogP contribution in [0.1, 0.15) is 284 Å². The molecule has 0 saturated carbocycles. The van der Waals surface area contributed by atoms with E-state index in [9.17, 15) is 45.6 Å². The van der Waals surface area contributed by atoms with Crippen molar-refractivity contribution in [2.45, 2.75) is 357 Å². The summed E-state index contributed by atoms with van der Waals surface area (Å²) in [6, 6.07) is -0.828. The zero-order chi connectivity index (χ0) is 60.9. The topological polar surface area (TPSA) is 228 Å². The summed E-state index contributed by atoms with van der Waals surface area (Å²) < 4.78 is 22.9. The molecular formula is C70H127NO13. The highest BCUT2D eigenvalue weighted by Gasteiger charge is 2.51. The molecule has 2 aliphatic heterocycles. The highest BCUT2D eigenvalue weighted by atomic mass is 16.7. The van der Waals surface area contributed by atoms with Crippen molar-refractivity contribution in [3.63, 3.8) is 0 Å². The third kappa shape index (κ3) is 38.9. The number of allylic oxidation sites excluding steroid dienone is 10. The minimum absolute atomic E-state index is 0.204. The number of ether oxygens (including phenoxy) is 4. The Bertz CT molecular complexity index is 1640. The molecule has 1 amide bonds. The molecule has 12 atom stereocenters. The van der Waals surface area contributed by atoms with E-state index in [4.69, 9.17) is 18.9 Å². The Balaban J connectivity index is 1.57. The van der Waals surface area contributed by atoms with Crippen molar-refractivity contribution in [2.24, 2.45) is 0 Å². The second-order valence-corrected chi connectivity index (χ2v) is 24.3. The van der Waals surface area contributed by atoms with Crippen molar-refractivity contribution in [2.75, 3.05) is 19.8 Å². The Morgan fingerprint density at radius 3 is 1.26 bits per heavy atom. The molecule has 2 heterocycles. The molecular weight excluding hydrogens is 1060 g/mol. The van der Waals surface area contributed by atoms with Gasteiger partial charge in [0.05, 0.1) is 32.0 Å². The van der Waals surface area contributed by atoms with E-state index in [0.717, 1.165) is 83.5 Å². The number of carbonyl (C=O) groups is 1. The summed E-state index contributed by atoms with van der Waals surface area (Å²) in [5, 5.41) is 87.4. The Morgan fingerprint density at radius 1 is 0.440 bits per heavy atom. The third-order valence-electron chi connectivity index (χ3n) is 16.7. The quantitative estimate of drug-likeness (QED) is 0.0204. The van der Waals surface area contributed by atoms with Crippen molar-refractivity contribution in [1.29, 1.82) is 0 Å². The van der Waals surface area contributed by atoms with E-state index in [2.05, 4.69) is 79.9 Å². The lowest BCUT2D eigenvalue weighted by Gasteiger charge is -2.46. The summed E-state index contributed by atoms with van der Waals surface area (Å²) in [5.74, 6) is -0.204. The van der Waals surface area contributed by atoms with Crippen LogP contribution in [0.25, 0.3) is 0 Å². The molecule has 2 aliphatic rings. The molecule has 0 aromatic rings. The van der Waals surface area contributed by atoms with Gasteiger partial charge in [0.2, 0.25) is 5.91 Å². The van der Waals surface area contributed by atoms with Crippen LogP contribution in [0, 0.1) is 0 Å². The molecule has 0 aromatic carbocycles. The average molecular weight is 1190 g/mol. The van der Waals surface area contributed by atoms with E-state index in [-0.39, 0.29) is 12.5 Å². The Hall–Kier alpha value is -2.31. The molecule has 14 heteroatoms. The van der Waals surface area contributed by atoms with Crippen molar-refractivity contribution in [3.8, 4) is 0 Å². The molecule has 0 aromatic heterocycles.